The van der Waals surface area contributed by atoms with E-state index < -0.39 is 12.0 Å². The van der Waals surface area contributed by atoms with Crippen LogP contribution in [0.25, 0.3) is 23.0 Å². The topological polar surface area (TPSA) is 78.5 Å². The summed E-state index contributed by atoms with van der Waals surface area (Å²) in [6, 6.07) is 23.0. The van der Waals surface area contributed by atoms with Gasteiger partial charge in [-0.2, -0.15) is 5.10 Å². The van der Waals surface area contributed by atoms with E-state index in [1.165, 1.54) is 22.7 Å². The maximum Gasteiger partial charge on any atom is 0.338 e. The third kappa shape index (κ3) is 4.60. The van der Waals surface area contributed by atoms with Gasteiger partial charge in [0.2, 0.25) is 0 Å². The molecule has 9 heteroatoms. The van der Waals surface area contributed by atoms with E-state index in [4.69, 9.17) is 9.84 Å². The molecule has 0 spiro atoms. The highest BCUT2D eigenvalue weighted by Gasteiger charge is 2.34. The molecule has 1 aliphatic rings. The molecular weight excluding hydrogens is 528 g/mol. The van der Waals surface area contributed by atoms with Crippen LogP contribution in [0.2, 0.25) is 0 Å². The van der Waals surface area contributed by atoms with Crippen molar-refractivity contribution in [3.8, 4) is 16.9 Å². The predicted octanol–water partition coefficient (Wildman–Crippen LogP) is 4.71. The van der Waals surface area contributed by atoms with E-state index >= 15 is 0 Å². The Kier molecular flexibility index (Phi) is 6.68. The number of carbonyl (C=O) groups excluding carboxylic acids is 1. The van der Waals surface area contributed by atoms with E-state index in [1.807, 2.05) is 95.1 Å². The van der Waals surface area contributed by atoms with Crippen LogP contribution in [-0.2, 0) is 9.53 Å². The number of ether oxygens (including phenoxy) is 1. The minimum absolute atomic E-state index is 0.210. The standard InChI is InChI=1S/C30H24N4O3S2/c1-3-37-29(36)25-19(2)31-30-34(27(25)23-15-10-16-38-23)28(35)24(39-30)17-21-18-33(22-13-8-5-9-14-22)32-26(21)20-11-6-4-7-12-20/h4-18,27H,3H2,1-2H3/b24-17+. The van der Waals surface area contributed by atoms with Gasteiger partial charge in [-0.3, -0.25) is 9.36 Å². The van der Waals surface area contributed by atoms with Gasteiger partial charge in [-0.05, 0) is 43.5 Å². The van der Waals surface area contributed by atoms with Gasteiger partial charge in [-0.1, -0.05) is 65.9 Å². The Labute approximate surface area is 232 Å². The Hall–Kier alpha value is -4.34. The summed E-state index contributed by atoms with van der Waals surface area (Å²) in [5.41, 5.74) is 4.18. The van der Waals surface area contributed by atoms with Crippen molar-refractivity contribution in [3.05, 3.63) is 126 Å². The lowest BCUT2D eigenvalue weighted by atomic mass is 10.0. The van der Waals surface area contributed by atoms with E-state index in [9.17, 15) is 9.59 Å². The molecule has 7 nitrogen and oxygen atoms in total. The normalized spacial score (nSPS) is 15.2. The van der Waals surface area contributed by atoms with Crippen molar-refractivity contribution < 1.29 is 9.53 Å². The van der Waals surface area contributed by atoms with Crippen LogP contribution in [0.3, 0.4) is 0 Å². The number of para-hydroxylation sites is 1. The molecule has 2 aromatic carbocycles. The predicted molar refractivity (Wildman–Crippen MR) is 154 cm³/mol. The quantitative estimate of drug-likeness (QED) is 0.286. The summed E-state index contributed by atoms with van der Waals surface area (Å²) in [6.45, 7) is 3.80. The molecule has 6 rings (SSSR count). The van der Waals surface area contributed by atoms with Gasteiger partial charge < -0.3 is 4.74 Å². The molecule has 0 radical (unpaired) electrons. The maximum absolute atomic E-state index is 14.0. The third-order valence-corrected chi connectivity index (χ3v) is 8.33. The maximum atomic E-state index is 14.0. The van der Waals surface area contributed by atoms with Crippen LogP contribution in [0.1, 0.15) is 30.3 Å². The first-order valence-corrected chi connectivity index (χ1v) is 14.2. The minimum atomic E-state index is -0.594. The molecule has 0 saturated heterocycles. The van der Waals surface area contributed by atoms with Crippen molar-refractivity contribution in [1.82, 2.24) is 14.3 Å². The van der Waals surface area contributed by atoms with E-state index in [1.54, 1.807) is 18.4 Å². The molecule has 1 aliphatic heterocycles. The van der Waals surface area contributed by atoms with Gasteiger partial charge in [0.25, 0.3) is 5.56 Å². The van der Waals surface area contributed by atoms with Crippen molar-refractivity contribution in [1.29, 1.82) is 0 Å². The Bertz CT molecular complexity index is 1870. The van der Waals surface area contributed by atoms with Crippen LogP contribution < -0.4 is 14.9 Å². The van der Waals surface area contributed by atoms with Gasteiger partial charge >= 0.3 is 5.97 Å². The number of esters is 1. The average molecular weight is 553 g/mol. The van der Waals surface area contributed by atoms with E-state index in [0.29, 0.717) is 20.6 Å². The molecule has 0 bridgehead atoms. The molecule has 0 saturated carbocycles. The van der Waals surface area contributed by atoms with Gasteiger partial charge in [0.1, 0.15) is 6.04 Å². The molecule has 4 heterocycles. The summed E-state index contributed by atoms with van der Waals surface area (Å²) >= 11 is 2.80. The first kappa shape index (κ1) is 25.0. The highest BCUT2D eigenvalue weighted by atomic mass is 32.1. The first-order valence-electron chi connectivity index (χ1n) is 12.5. The first-order chi connectivity index (χ1) is 19.0. The average Bonchev–Trinajstić information content (AvgIpc) is 3.70. The lowest BCUT2D eigenvalue weighted by Gasteiger charge is -2.23. The fourth-order valence-corrected chi connectivity index (χ4v) is 6.54. The van der Waals surface area contributed by atoms with Crippen molar-refractivity contribution in [2.24, 2.45) is 4.99 Å². The van der Waals surface area contributed by atoms with Gasteiger partial charge in [0, 0.05) is 22.2 Å². The number of hydrogen-bond donors (Lipinski definition) is 0. The minimum Gasteiger partial charge on any atom is -0.463 e. The van der Waals surface area contributed by atoms with Gasteiger partial charge in [-0.25, -0.2) is 14.5 Å². The zero-order chi connectivity index (χ0) is 26.9. The number of thiophene rings is 1. The Morgan fingerprint density at radius 3 is 2.49 bits per heavy atom. The molecule has 1 unspecified atom stereocenters. The van der Waals surface area contributed by atoms with Crippen molar-refractivity contribution >= 4 is 34.7 Å². The number of fused-ring (bicyclic) bond motifs is 1. The highest BCUT2D eigenvalue weighted by molar-refractivity contribution is 7.10. The number of rotatable bonds is 6. The molecule has 0 amide bonds. The van der Waals surface area contributed by atoms with Gasteiger partial charge in [0.05, 0.1) is 33.8 Å². The van der Waals surface area contributed by atoms with Crippen LogP contribution in [0.15, 0.2) is 105 Å². The molecular formula is C30H24N4O3S2. The SMILES string of the molecule is CCOC(=O)C1=C(C)N=c2s/c(=C/c3cn(-c4ccccc4)nc3-c3ccccc3)c(=O)n2C1c1cccs1. The zero-order valence-corrected chi connectivity index (χ0v) is 22.9. The molecule has 0 fully saturated rings. The number of benzene rings is 2. The van der Waals surface area contributed by atoms with Crippen molar-refractivity contribution in [3.63, 3.8) is 0 Å². The number of nitrogens with zero attached hydrogens (tertiary/aromatic N) is 4. The molecule has 5 aromatic rings. The van der Waals surface area contributed by atoms with Crippen LogP contribution in [-0.4, -0.2) is 26.9 Å². The Morgan fingerprint density at radius 1 is 1.05 bits per heavy atom. The summed E-state index contributed by atoms with van der Waals surface area (Å²) in [7, 11) is 0. The monoisotopic (exact) mass is 552 g/mol. The molecule has 1 atom stereocenters. The Morgan fingerprint density at radius 2 is 1.79 bits per heavy atom. The second kappa shape index (κ2) is 10.4. The van der Waals surface area contributed by atoms with Crippen LogP contribution in [0.5, 0.6) is 0 Å². The van der Waals surface area contributed by atoms with Gasteiger partial charge in [0.15, 0.2) is 4.80 Å². The summed E-state index contributed by atoms with van der Waals surface area (Å²) in [5, 5.41) is 6.81. The van der Waals surface area contributed by atoms with Crippen LogP contribution in [0, 0.1) is 0 Å². The summed E-state index contributed by atoms with van der Waals surface area (Å²) in [5.74, 6) is -0.457. The smallest absolute Gasteiger partial charge is 0.338 e. The molecule has 0 N–H and O–H groups in total. The molecule has 3 aromatic heterocycles. The number of thiazole rings is 1. The lowest BCUT2D eigenvalue weighted by Crippen LogP contribution is -2.39. The number of carbonyl (C=O) groups is 1. The third-order valence-electron chi connectivity index (χ3n) is 6.43. The zero-order valence-electron chi connectivity index (χ0n) is 21.3. The van der Waals surface area contributed by atoms with Gasteiger partial charge in [-0.15, -0.1) is 11.3 Å². The van der Waals surface area contributed by atoms with Crippen molar-refractivity contribution in [2.45, 2.75) is 19.9 Å². The van der Waals surface area contributed by atoms with Crippen LogP contribution >= 0.6 is 22.7 Å². The summed E-state index contributed by atoms with van der Waals surface area (Å²) in [6.07, 6.45) is 3.80. The van der Waals surface area contributed by atoms with E-state index in [-0.39, 0.29) is 12.2 Å². The van der Waals surface area contributed by atoms with E-state index in [0.717, 1.165) is 27.4 Å². The molecule has 39 heavy (non-hydrogen) atoms. The largest absolute Gasteiger partial charge is 0.463 e. The second-order valence-electron chi connectivity index (χ2n) is 8.90. The lowest BCUT2D eigenvalue weighted by molar-refractivity contribution is -0.139. The molecule has 194 valence electrons. The second-order valence-corrected chi connectivity index (χ2v) is 10.9. The Balaban J connectivity index is 1.55. The van der Waals surface area contributed by atoms with Crippen molar-refractivity contribution in [2.75, 3.05) is 6.61 Å². The van der Waals surface area contributed by atoms with E-state index in [2.05, 4.69) is 4.99 Å². The number of allylic oxidation sites excluding steroid dienone is 1. The van der Waals surface area contributed by atoms with Crippen LogP contribution in [0.4, 0.5) is 0 Å². The molecule has 0 aliphatic carbocycles. The number of aromatic nitrogens is 3. The summed E-state index contributed by atoms with van der Waals surface area (Å²) in [4.78, 5) is 33.1. The fourth-order valence-electron chi connectivity index (χ4n) is 4.68. The fraction of sp³-hybridized carbons (Fsp3) is 0.133. The number of hydrogen-bond acceptors (Lipinski definition) is 7. The highest BCUT2D eigenvalue weighted by Crippen LogP contribution is 2.33. The summed E-state index contributed by atoms with van der Waals surface area (Å²) < 4.78 is 9.31.